The zero-order valence-electron chi connectivity index (χ0n) is 15.5. The van der Waals surface area contributed by atoms with Gasteiger partial charge in [0, 0.05) is 12.0 Å². The Morgan fingerprint density at radius 1 is 1.00 bits per heavy atom. The summed E-state index contributed by atoms with van der Waals surface area (Å²) in [5.74, 6) is -0.430. The van der Waals surface area contributed by atoms with Crippen LogP contribution in [0.3, 0.4) is 0 Å². The number of esters is 1. The number of rotatable bonds is 6. The number of ketones is 1. The molecule has 0 radical (unpaired) electrons. The number of hydrogen-bond donors (Lipinski definition) is 0. The number of carbonyl (C=O) groups excluding carboxylic acids is 2. The number of benzene rings is 1. The van der Waals surface area contributed by atoms with Crippen LogP contribution in [0.25, 0.3) is 0 Å². The second kappa shape index (κ2) is 8.01. The molecule has 5 heteroatoms. The summed E-state index contributed by atoms with van der Waals surface area (Å²) in [7, 11) is 0. The smallest absolute Gasteiger partial charge is 0.345 e. The van der Waals surface area contributed by atoms with Crippen LogP contribution in [0.1, 0.15) is 69.5 Å². The van der Waals surface area contributed by atoms with Crippen LogP contribution < -0.4 is 4.74 Å². The van der Waals surface area contributed by atoms with Crippen LogP contribution in [0, 0.1) is 27.7 Å². The van der Waals surface area contributed by atoms with Crippen molar-refractivity contribution in [2.75, 3.05) is 0 Å². The zero-order valence-corrected chi connectivity index (χ0v) is 15.5. The van der Waals surface area contributed by atoms with Crippen molar-refractivity contribution >= 4 is 11.8 Å². The zero-order chi connectivity index (χ0) is 18.6. The lowest BCUT2D eigenvalue weighted by Gasteiger charge is -2.12. The molecule has 132 valence electrons. The second-order valence-corrected chi connectivity index (χ2v) is 6.20. The number of nitrogens with zero attached hydrogens (tertiary/aromatic N) is 2. The standard InChI is InChI=1S/C20H24N2O3/c1-6-7-11-17(23)18-12(2)9-8-10-16(18)20(24)25-19-15(5)21-13(3)14(4)22-19/h8-10H,6-7,11H2,1-5H3. The van der Waals surface area contributed by atoms with Crippen LogP contribution in [-0.2, 0) is 0 Å². The molecule has 0 aliphatic carbocycles. The molecular formula is C20H24N2O3. The molecule has 1 aromatic heterocycles. The summed E-state index contributed by atoms with van der Waals surface area (Å²) in [5, 5.41) is 0. The Balaban J connectivity index is 2.35. The van der Waals surface area contributed by atoms with Gasteiger partial charge in [0.1, 0.15) is 5.69 Å². The average molecular weight is 340 g/mol. The predicted molar refractivity (Wildman–Crippen MR) is 96.2 cm³/mol. The number of Topliss-reactive ketones (excluding diaryl/α,β-unsaturated/α-hetero) is 1. The molecule has 0 aliphatic rings. The van der Waals surface area contributed by atoms with E-state index in [9.17, 15) is 9.59 Å². The van der Waals surface area contributed by atoms with E-state index in [1.54, 1.807) is 19.1 Å². The summed E-state index contributed by atoms with van der Waals surface area (Å²) >= 11 is 0. The van der Waals surface area contributed by atoms with E-state index >= 15 is 0 Å². The summed E-state index contributed by atoms with van der Waals surface area (Å²) in [6.07, 6.45) is 2.14. The van der Waals surface area contributed by atoms with E-state index in [0.717, 1.165) is 24.1 Å². The van der Waals surface area contributed by atoms with Gasteiger partial charge in [0.25, 0.3) is 0 Å². The Labute approximate surface area is 148 Å². The van der Waals surface area contributed by atoms with E-state index < -0.39 is 5.97 Å². The minimum absolute atomic E-state index is 0.0326. The number of aryl methyl sites for hydroxylation is 4. The topological polar surface area (TPSA) is 69.2 Å². The Hall–Kier alpha value is -2.56. The van der Waals surface area contributed by atoms with E-state index in [1.807, 2.05) is 33.8 Å². The van der Waals surface area contributed by atoms with Gasteiger partial charge in [-0.3, -0.25) is 9.78 Å². The molecule has 0 aliphatic heterocycles. The lowest BCUT2D eigenvalue weighted by molar-refractivity contribution is 0.0719. The fraction of sp³-hybridized carbons (Fsp3) is 0.400. The molecular weight excluding hydrogens is 316 g/mol. The third-order valence-electron chi connectivity index (χ3n) is 4.16. The van der Waals surface area contributed by atoms with Crippen LogP contribution >= 0.6 is 0 Å². The number of unbranched alkanes of at least 4 members (excludes halogenated alkanes) is 1. The lowest BCUT2D eigenvalue weighted by atomic mass is 9.95. The Morgan fingerprint density at radius 3 is 2.36 bits per heavy atom. The van der Waals surface area contributed by atoms with E-state index in [1.165, 1.54) is 0 Å². The monoisotopic (exact) mass is 340 g/mol. The average Bonchev–Trinajstić information content (AvgIpc) is 2.57. The van der Waals surface area contributed by atoms with Crippen molar-refractivity contribution in [2.45, 2.75) is 53.9 Å². The normalized spacial score (nSPS) is 10.6. The van der Waals surface area contributed by atoms with Crippen LogP contribution in [0.5, 0.6) is 5.88 Å². The van der Waals surface area contributed by atoms with Gasteiger partial charge in [0.05, 0.1) is 17.0 Å². The van der Waals surface area contributed by atoms with Gasteiger partial charge in [-0.05, 0) is 45.7 Å². The fourth-order valence-corrected chi connectivity index (χ4v) is 2.60. The first-order valence-electron chi connectivity index (χ1n) is 8.52. The summed E-state index contributed by atoms with van der Waals surface area (Å²) < 4.78 is 5.45. The first-order chi connectivity index (χ1) is 11.8. The lowest BCUT2D eigenvalue weighted by Crippen LogP contribution is -2.17. The Bertz CT molecular complexity index is 813. The molecule has 0 saturated carbocycles. The number of carbonyl (C=O) groups is 2. The van der Waals surface area contributed by atoms with E-state index in [2.05, 4.69) is 9.97 Å². The van der Waals surface area contributed by atoms with Crippen molar-refractivity contribution in [2.24, 2.45) is 0 Å². The highest BCUT2D eigenvalue weighted by Gasteiger charge is 2.21. The maximum absolute atomic E-state index is 12.7. The third-order valence-corrected chi connectivity index (χ3v) is 4.16. The summed E-state index contributed by atoms with van der Waals surface area (Å²) in [6, 6.07) is 5.21. The minimum atomic E-state index is -0.579. The Morgan fingerprint density at radius 2 is 1.68 bits per heavy atom. The SMILES string of the molecule is CCCCC(=O)c1c(C)cccc1C(=O)Oc1nc(C)c(C)nc1C. The molecule has 0 spiro atoms. The highest BCUT2D eigenvalue weighted by Crippen LogP contribution is 2.21. The van der Waals surface area contributed by atoms with Gasteiger partial charge in [-0.15, -0.1) is 0 Å². The second-order valence-electron chi connectivity index (χ2n) is 6.20. The van der Waals surface area contributed by atoms with Gasteiger partial charge >= 0.3 is 5.97 Å². The highest BCUT2D eigenvalue weighted by atomic mass is 16.5. The van der Waals surface area contributed by atoms with Crippen molar-refractivity contribution in [1.29, 1.82) is 0 Å². The first-order valence-corrected chi connectivity index (χ1v) is 8.52. The minimum Gasteiger partial charge on any atom is -0.402 e. The molecule has 0 saturated heterocycles. The molecule has 0 bridgehead atoms. The molecule has 2 rings (SSSR count). The summed E-state index contributed by atoms with van der Waals surface area (Å²) in [4.78, 5) is 33.8. The van der Waals surface area contributed by atoms with E-state index in [4.69, 9.17) is 4.74 Å². The van der Waals surface area contributed by atoms with E-state index in [0.29, 0.717) is 23.4 Å². The van der Waals surface area contributed by atoms with Crippen molar-refractivity contribution in [3.8, 4) is 5.88 Å². The van der Waals surface area contributed by atoms with Crippen molar-refractivity contribution in [3.05, 3.63) is 52.0 Å². The maximum Gasteiger partial charge on any atom is 0.345 e. The first kappa shape index (κ1) is 18.8. The fourth-order valence-electron chi connectivity index (χ4n) is 2.60. The quantitative estimate of drug-likeness (QED) is 0.579. The van der Waals surface area contributed by atoms with Crippen molar-refractivity contribution < 1.29 is 14.3 Å². The summed E-state index contributed by atoms with van der Waals surface area (Å²) in [6.45, 7) is 9.27. The Kier molecular flexibility index (Phi) is 6.02. The van der Waals surface area contributed by atoms with Gasteiger partial charge in [-0.2, -0.15) is 0 Å². The summed E-state index contributed by atoms with van der Waals surface area (Å²) in [5.41, 5.74) is 3.54. The van der Waals surface area contributed by atoms with Crippen LogP contribution in [0.2, 0.25) is 0 Å². The molecule has 0 amide bonds. The van der Waals surface area contributed by atoms with Gasteiger partial charge in [0.2, 0.25) is 5.88 Å². The van der Waals surface area contributed by atoms with Gasteiger partial charge in [-0.1, -0.05) is 25.5 Å². The van der Waals surface area contributed by atoms with Crippen LogP contribution in [-0.4, -0.2) is 21.7 Å². The largest absolute Gasteiger partial charge is 0.402 e. The van der Waals surface area contributed by atoms with Crippen molar-refractivity contribution in [1.82, 2.24) is 9.97 Å². The van der Waals surface area contributed by atoms with Crippen molar-refractivity contribution in [3.63, 3.8) is 0 Å². The molecule has 0 fully saturated rings. The molecule has 0 N–H and O–H groups in total. The maximum atomic E-state index is 12.7. The van der Waals surface area contributed by atoms with E-state index in [-0.39, 0.29) is 17.2 Å². The predicted octanol–water partition coefficient (Wildman–Crippen LogP) is 4.30. The molecule has 2 aromatic rings. The molecule has 5 nitrogen and oxygen atoms in total. The van der Waals surface area contributed by atoms with Gasteiger partial charge < -0.3 is 4.74 Å². The third kappa shape index (κ3) is 4.29. The highest BCUT2D eigenvalue weighted by molar-refractivity contribution is 6.07. The molecule has 25 heavy (non-hydrogen) atoms. The van der Waals surface area contributed by atoms with Gasteiger partial charge in [-0.25, -0.2) is 9.78 Å². The van der Waals surface area contributed by atoms with Gasteiger partial charge in [0.15, 0.2) is 5.78 Å². The number of aromatic nitrogens is 2. The van der Waals surface area contributed by atoms with Crippen LogP contribution in [0.4, 0.5) is 0 Å². The van der Waals surface area contributed by atoms with Crippen LogP contribution in [0.15, 0.2) is 18.2 Å². The molecule has 1 aromatic carbocycles. The number of hydrogen-bond acceptors (Lipinski definition) is 5. The number of ether oxygens (including phenoxy) is 1. The molecule has 0 unspecified atom stereocenters. The molecule has 1 heterocycles. The molecule has 0 atom stereocenters.